The molecule has 0 aromatic heterocycles. The Morgan fingerprint density at radius 3 is 2.12 bits per heavy atom. The van der Waals surface area contributed by atoms with Gasteiger partial charge in [0.1, 0.15) is 5.60 Å². The van der Waals surface area contributed by atoms with E-state index in [2.05, 4.69) is 60.7 Å². The van der Waals surface area contributed by atoms with Crippen molar-refractivity contribution in [2.24, 2.45) is 0 Å². The summed E-state index contributed by atoms with van der Waals surface area (Å²) in [6, 6.07) is 20.5. The summed E-state index contributed by atoms with van der Waals surface area (Å²) >= 11 is 0. The van der Waals surface area contributed by atoms with Gasteiger partial charge in [0.2, 0.25) is 0 Å². The summed E-state index contributed by atoms with van der Waals surface area (Å²) < 4.78 is 6.22. The first-order chi connectivity index (χ1) is 11.7. The first-order valence-corrected chi connectivity index (χ1v) is 8.46. The Kier molecular flexibility index (Phi) is 5.29. The molecule has 1 aliphatic carbocycles. The van der Waals surface area contributed by atoms with Crippen LogP contribution >= 0.6 is 0 Å². The Labute approximate surface area is 144 Å². The molecule has 2 aromatic rings. The molecule has 0 amide bonds. The average molecular weight is 320 g/mol. The van der Waals surface area contributed by atoms with Gasteiger partial charge in [-0.15, -0.1) is 0 Å². The van der Waals surface area contributed by atoms with Crippen LogP contribution in [0.1, 0.15) is 30.4 Å². The fourth-order valence-electron chi connectivity index (χ4n) is 3.10. The lowest BCUT2D eigenvalue weighted by molar-refractivity contribution is -0.0170. The molecule has 2 heteroatoms. The van der Waals surface area contributed by atoms with Crippen LogP contribution < -0.4 is 0 Å². The molecule has 124 valence electrons. The minimum Gasteiger partial charge on any atom is -0.393 e. The summed E-state index contributed by atoms with van der Waals surface area (Å²) in [5, 5.41) is 9.90. The van der Waals surface area contributed by atoms with E-state index < -0.39 is 11.7 Å². The Balaban J connectivity index is 1.74. The van der Waals surface area contributed by atoms with Gasteiger partial charge < -0.3 is 9.84 Å². The quantitative estimate of drug-likeness (QED) is 0.787. The predicted octanol–water partition coefficient (Wildman–Crippen LogP) is 4.62. The molecule has 0 saturated heterocycles. The summed E-state index contributed by atoms with van der Waals surface area (Å²) in [5.41, 5.74) is 1.85. The van der Waals surface area contributed by atoms with Crippen molar-refractivity contribution in [3.63, 3.8) is 0 Å². The molecule has 0 radical (unpaired) electrons. The van der Waals surface area contributed by atoms with E-state index >= 15 is 0 Å². The highest BCUT2D eigenvalue weighted by Crippen LogP contribution is 2.32. The standard InChI is InChI=1S/C22H24O2/c1-18(23)16-22(24-17-19-8-4-2-5-9-19)14-12-21(13-15-22)20-10-6-3-7-11-20/h2-15,18,21,23H,16-17H2,1H3. The number of aliphatic hydroxyl groups is 1. The normalized spacial score (nSPS) is 24.0. The smallest absolute Gasteiger partial charge is 0.107 e. The van der Waals surface area contributed by atoms with Crippen molar-refractivity contribution in [3.05, 3.63) is 96.1 Å². The fraction of sp³-hybridized carbons (Fsp3) is 0.273. The maximum atomic E-state index is 9.90. The van der Waals surface area contributed by atoms with Crippen molar-refractivity contribution in [3.8, 4) is 0 Å². The van der Waals surface area contributed by atoms with Crippen molar-refractivity contribution >= 4 is 0 Å². The van der Waals surface area contributed by atoms with Gasteiger partial charge in [-0.1, -0.05) is 85.0 Å². The van der Waals surface area contributed by atoms with Crippen molar-refractivity contribution in [1.82, 2.24) is 0 Å². The van der Waals surface area contributed by atoms with Crippen molar-refractivity contribution in [2.45, 2.75) is 37.6 Å². The van der Waals surface area contributed by atoms with Gasteiger partial charge in [0.25, 0.3) is 0 Å². The van der Waals surface area contributed by atoms with E-state index in [1.54, 1.807) is 6.92 Å². The maximum Gasteiger partial charge on any atom is 0.107 e. The molecule has 1 aliphatic rings. The molecule has 2 aromatic carbocycles. The zero-order chi connectivity index (χ0) is 16.8. The molecule has 24 heavy (non-hydrogen) atoms. The molecule has 1 N–H and O–H groups in total. The zero-order valence-electron chi connectivity index (χ0n) is 14.0. The highest BCUT2D eigenvalue weighted by Gasteiger charge is 2.30. The van der Waals surface area contributed by atoms with Crippen LogP contribution in [0.25, 0.3) is 0 Å². The number of hydrogen-bond donors (Lipinski definition) is 1. The van der Waals surface area contributed by atoms with Gasteiger partial charge in [0, 0.05) is 12.3 Å². The summed E-state index contributed by atoms with van der Waals surface area (Å²) in [7, 11) is 0. The average Bonchev–Trinajstić information content (AvgIpc) is 2.62. The number of aliphatic hydroxyl groups excluding tert-OH is 1. The Hall–Kier alpha value is -2.16. The van der Waals surface area contributed by atoms with Crippen molar-refractivity contribution in [2.75, 3.05) is 0 Å². The first-order valence-electron chi connectivity index (χ1n) is 8.46. The second-order valence-electron chi connectivity index (χ2n) is 6.44. The second-order valence-corrected chi connectivity index (χ2v) is 6.44. The number of rotatable bonds is 6. The molecule has 0 fully saturated rings. The summed E-state index contributed by atoms with van der Waals surface area (Å²) in [5.74, 6) is 0.258. The lowest BCUT2D eigenvalue weighted by Gasteiger charge is -2.32. The molecule has 0 spiro atoms. The highest BCUT2D eigenvalue weighted by atomic mass is 16.5. The van der Waals surface area contributed by atoms with Gasteiger partial charge >= 0.3 is 0 Å². The lowest BCUT2D eigenvalue weighted by atomic mass is 9.85. The molecule has 1 atom stereocenters. The minimum atomic E-state index is -0.546. The SMILES string of the molecule is CC(O)CC1(OCc2ccccc2)C=CC(c2ccccc2)C=C1. The zero-order valence-corrected chi connectivity index (χ0v) is 14.0. The van der Waals surface area contributed by atoms with Crippen LogP contribution in [0.2, 0.25) is 0 Å². The van der Waals surface area contributed by atoms with Crippen LogP contribution in [0.5, 0.6) is 0 Å². The summed E-state index contributed by atoms with van der Waals surface area (Å²) in [6.45, 7) is 2.33. The summed E-state index contributed by atoms with van der Waals surface area (Å²) in [6.07, 6.45) is 8.66. The molecule has 0 bridgehead atoms. The molecule has 0 saturated carbocycles. The van der Waals surface area contributed by atoms with E-state index in [-0.39, 0.29) is 5.92 Å². The van der Waals surface area contributed by atoms with E-state index in [4.69, 9.17) is 4.74 Å². The largest absolute Gasteiger partial charge is 0.393 e. The number of ether oxygens (including phenoxy) is 1. The lowest BCUT2D eigenvalue weighted by Crippen LogP contribution is -2.33. The van der Waals surface area contributed by atoms with Gasteiger partial charge in [0.05, 0.1) is 12.7 Å². The maximum absolute atomic E-state index is 9.90. The molecular weight excluding hydrogens is 296 g/mol. The molecule has 3 rings (SSSR count). The van der Waals surface area contributed by atoms with E-state index in [0.29, 0.717) is 13.0 Å². The van der Waals surface area contributed by atoms with Crippen LogP contribution in [-0.4, -0.2) is 16.8 Å². The van der Waals surface area contributed by atoms with Crippen molar-refractivity contribution < 1.29 is 9.84 Å². The highest BCUT2D eigenvalue weighted by molar-refractivity contribution is 5.35. The molecule has 0 aliphatic heterocycles. The number of allylic oxidation sites excluding steroid dienone is 2. The van der Waals surface area contributed by atoms with E-state index in [1.165, 1.54) is 5.56 Å². The third-order valence-electron chi connectivity index (χ3n) is 4.32. The molecule has 0 heterocycles. The van der Waals surface area contributed by atoms with Crippen LogP contribution in [0.15, 0.2) is 85.0 Å². The van der Waals surface area contributed by atoms with Gasteiger partial charge in [-0.05, 0) is 18.1 Å². The fourth-order valence-corrected chi connectivity index (χ4v) is 3.10. The topological polar surface area (TPSA) is 29.5 Å². The van der Waals surface area contributed by atoms with E-state index in [0.717, 1.165) is 5.56 Å². The third kappa shape index (κ3) is 4.22. The van der Waals surface area contributed by atoms with Crippen LogP contribution in [0.4, 0.5) is 0 Å². The molecule has 2 nitrogen and oxygen atoms in total. The number of benzene rings is 2. The van der Waals surface area contributed by atoms with E-state index in [1.807, 2.05) is 24.3 Å². The second kappa shape index (κ2) is 7.61. The van der Waals surface area contributed by atoms with Gasteiger partial charge in [0.15, 0.2) is 0 Å². The van der Waals surface area contributed by atoms with E-state index in [9.17, 15) is 5.11 Å². The van der Waals surface area contributed by atoms with Gasteiger partial charge in [-0.3, -0.25) is 0 Å². The minimum absolute atomic E-state index is 0.258. The van der Waals surface area contributed by atoms with Crippen LogP contribution in [-0.2, 0) is 11.3 Å². The Morgan fingerprint density at radius 1 is 0.958 bits per heavy atom. The Bertz CT molecular complexity index is 672. The van der Waals surface area contributed by atoms with Gasteiger partial charge in [-0.2, -0.15) is 0 Å². The van der Waals surface area contributed by atoms with Crippen LogP contribution in [0.3, 0.4) is 0 Å². The molecular formula is C22H24O2. The van der Waals surface area contributed by atoms with Crippen LogP contribution in [0, 0.1) is 0 Å². The Morgan fingerprint density at radius 2 is 1.54 bits per heavy atom. The monoisotopic (exact) mass is 320 g/mol. The molecule has 1 unspecified atom stereocenters. The predicted molar refractivity (Wildman–Crippen MR) is 97.7 cm³/mol. The first kappa shape index (κ1) is 16.7. The summed E-state index contributed by atoms with van der Waals surface area (Å²) in [4.78, 5) is 0. The number of hydrogen-bond acceptors (Lipinski definition) is 2. The third-order valence-corrected chi connectivity index (χ3v) is 4.32. The van der Waals surface area contributed by atoms with Crippen molar-refractivity contribution in [1.29, 1.82) is 0 Å². The van der Waals surface area contributed by atoms with Gasteiger partial charge in [-0.25, -0.2) is 0 Å².